The van der Waals surface area contributed by atoms with Crippen molar-refractivity contribution in [3.63, 3.8) is 0 Å². The first-order chi connectivity index (χ1) is 30.5. The molecule has 0 amide bonds. The quantitative estimate of drug-likeness (QED) is 0.120. The number of hydrogen-bond donors (Lipinski definition) is 0. The first-order valence-electron chi connectivity index (χ1n) is 22.0. The van der Waals surface area contributed by atoms with E-state index < -0.39 is 0 Å². The zero-order chi connectivity index (χ0) is 41.4. The third kappa shape index (κ3) is 5.85. The Morgan fingerprint density at radius 2 is 1.19 bits per heavy atom. The van der Waals surface area contributed by atoms with Gasteiger partial charge < -0.3 is 4.90 Å². The fourth-order valence-corrected chi connectivity index (χ4v) is 10.8. The summed E-state index contributed by atoms with van der Waals surface area (Å²) in [5, 5.41) is 0. The molecule has 0 fully saturated rings. The van der Waals surface area contributed by atoms with Crippen molar-refractivity contribution in [1.82, 2.24) is 0 Å². The van der Waals surface area contributed by atoms with E-state index in [1.54, 1.807) is 0 Å². The second kappa shape index (κ2) is 14.3. The van der Waals surface area contributed by atoms with Gasteiger partial charge in [0.05, 0.1) is 11.4 Å². The largest absolute Gasteiger partial charge is 0.310 e. The van der Waals surface area contributed by atoms with Crippen LogP contribution in [0.3, 0.4) is 0 Å². The standard InChI is InChI=1S/C61H45N/c1-61(2)56-21-11-10-19-51(56)60-52(20-13-22-57(60)61)59(45-28-24-41(25-29-45)40-14-5-3-6-15-40)46-30-26-42(27-31-46)47-33-35-50-53(43-16-7-4-8-17-43)37-48-39-62-49(38-54(48)55(50)36-47)34-32-44-18-9-12-23-58(44)62/h3-33,35-36,38-39,53,59H,37H2,1-2H3. The highest BCUT2D eigenvalue weighted by molar-refractivity contribution is 5.92. The molecule has 0 saturated heterocycles. The van der Waals surface area contributed by atoms with E-state index in [0.29, 0.717) is 0 Å². The molecule has 1 heteroatoms. The minimum atomic E-state index is -0.0745. The fourth-order valence-electron chi connectivity index (χ4n) is 10.8. The highest BCUT2D eigenvalue weighted by atomic mass is 15.1. The molecule has 12 rings (SSSR count). The van der Waals surface area contributed by atoms with Crippen molar-refractivity contribution in [2.24, 2.45) is 0 Å². The lowest BCUT2D eigenvalue weighted by molar-refractivity contribution is 0.659. The third-order valence-electron chi connectivity index (χ3n) is 14.0. The van der Waals surface area contributed by atoms with Crippen molar-refractivity contribution in [2.75, 3.05) is 4.90 Å². The predicted molar refractivity (Wildman–Crippen MR) is 258 cm³/mol. The van der Waals surface area contributed by atoms with Gasteiger partial charge in [-0.1, -0.05) is 202 Å². The van der Waals surface area contributed by atoms with Crippen LogP contribution in [0.2, 0.25) is 0 Å². The number of nitrogens with zero attached hydrogens (tertiary/aromatic N) is 1. The molecule has 0 spiro atoms. The highest BCUT2D eigenvalue weighted by Crippen LogP contribution is 2.53. The number of benzene rings is 8. The number of fused-ring (bicyclic) bond motifs is 9. The van der Waals surface area contributed by atoms with Gasteiger partial charge in [0.1, 0.15) is 0 Å². The number of hydrogen-bond acceptors (Lipinski definition) is 1. The van der Waals surface area contributed by atoms with Gasteiger partial charge in [0.25, 0.3) is 0 Å². The molecular formula is C61H45N. The van der Waals surface area contributed by atoms with Crippen LogP contribution in [0.1, 0.15) is 82.2 Å². The third-order valence-corrected chi connectivity index (χ3v) is 14.0. The maximum absolute atomic E-state index is 3.61. The van der Waals surface area contributed by atoms with E-state index in [-0.39, 0.29) is 17.3 Å². The Labute approximate surface area is 365 Å². The number of para-hydroxylation sites is 1. The summed E-state index contributed by atoms with van der Waals surface area (Å²) in [6.07, 6.45) is 7.81. The molecule has 62 heavy (non-hydrogen) atoms. The molecule has 8 aromatic rings. The Bertz CT molecular complexity index is 3190. The van der Waals surface area contributed by atoms with E-state index in [0.717, 1.165) is 12.1 Å². The predicted octanol–water partition coefficient (Wildman–Crippen LogP) is 15.3. The van der Waals surface area contributed by atoms with Crippen LogP contribution >= 0.6 is 0 Å². The SMILES string of the molecule is CC1(C)c2ccccc2-c2c(C(c3ccc(-c4ccccc4)cc3)c3ccc(-c4ccc5c(c4)C4=CC6=C=Cc7ccccc7N6C=C4CC5c4ccccc4)cc3)cccc21. The molecule has 2 aliphatic heterocycles. The van der Waals surface area contributed by atoms with Crippen molar-refractivity contribution in [1.29, 1.82) is 0 Å². The van der Waals surface area contributed by atoms with Gasteiger partial charge in [-0.25, -0.2) is 0 Å². The molecule has 2 atom stereocenters. The van der Waals surface area contributed by atoms with Crippen molar-refractivity contribution >= 4 is 17.3 Å². The van der Waals surface area contributed by atoms with Crippen LogP contribution in [-0.2, 0) is 5.41 Å². The van der Waals surface area contributed by atoms with E-state index in [2.05, 4.69) is 237 Å². The summed E-state index contributed by atoms with van der Waals surface area (Å²) in [4.78, 5) is 2.33. The summed E-state index contributed by atoms with van der Waals surface area (Å²) in [7, 11) is 0. The topological polar surface area (TPSA) is 3.24 Å². The summed E-state index contributed by atoms with van der Waals surface area (Å²) in [5.74, 6) is 0.315. The van der Waals surface area contributed by atoms with Gasteiger partial charge in [0.2, 0.25) is 0 Å². The molecule has 2 heterocycles. The van der Waals surface area contributed by atoms with E-state index in [1.807, 2.05) is 0 Å². The molecule has 294 valence electrons. The Morgan fingerprint density at radius 1 is 0.565 bits per heavy atom. The van der Waals surface area contributed by atoms with Gasteiger partial charge in [-0.2, -0.15) is 0 Å². The Kier molecular flexibility index (Phi) is 8.43. The Balaban J connectivity index is 0.970. The van der Waals surface area contributed by atoms with Crippen LogP contribution in [0.25, 0.3) is 45.0 Å². The van der Waals surface area contributed by atoms with E-state index in [4.69, 9.17) is 0 Å². The zero-order valence-electron chi connectivity index (χ0n) is 35.0. The monoisotopic (exact) mass is 791 g/mol. The van der Waals surface area contributed by atoms with Gasteiger partial charge in [0, 0.05) is 29.0 Å². The van der Waals surface area contributed by atoms with Crippen LogP contribution < -0.4 is 4.90 Å². The van der Waals surface area contributed by atoms with Gasteiger partial charge >= 0.3 is 0 Å². The maximum atomic E-state index is 3.61. The van der Waals surface area contributed by atoms with Gasteiger partial charge in [0.15, 0.2) is 0 Å². The van der Waals surface area contributed by atoms with Crippen molar-refractivity contribution in [3.05, 3.63) is 273 Å². The van der Waals surface area contributed by atoms with Crippen molar-refractivity contribution in [2.45, 2.75) is 37.5 Å². The summed E-state index contributed by atoms with van der Waals surface area (Å²) in [6, 6.07) is 72.3. The minimum absolute atomic E-state index is 0.0472. The average Bonchev–Trinajstić information content (AvgIpc) is 3.57. The Hall–Kier alpha value is -7.44. The first kappa shape index (κ1) is 36.4. The maximum Gasteiger partial charge on any atom is 0.0892 e. The zero-order valence-corrected chi connectivity index (χ0v) is 35.0. The molecular weight excluding hydrogens is 747 g/mol. The molecule has 0 saturated carbocycles. The van der Waals surface area contributed by atoms with E-state index >= 15 is 0 Å². The fraction of sp³-hybridized carbons (Fsp3) is 0.0984. The molecule has 0 radical (unpaired) electrons. The lowest BCUT2D eigenvalue weighted by Gasteiger charge is -2.36. The number of allylic oxidation sites excluding steroid dienone is 3. The normalized spacial score (nSPS) is 16.6. The molecule has 2 unspecified atom stereocenters. The second-order valence-electron chi connectivity index (χ2n) is 17.8. The van der Waals surface area contributed by atoms with Crippen LogP contribution in [0.5, 0.6) is 0 Å². The van der Waals surface area contributed by atoms with Gasteiger partial charge in [-0.05, 0) is 120 Å². The summed E-state index contributed by atoms with van der Waals surface area (Å²) in [5.41, 5.74) is 28.1. The molecule has 8 aromatic carbocycles. The first-order valence-corrected chi connectivity index (χ1v) is 22.0. The lowest BCUT2D eigenvalue weighted by atomic mass is 9.72. The lowest BCUT2D eigenvalue weighted by Crippen LogP contribution is -2.24. The van der Waals surface area contributed by atoms with E-state index in [9.17, 15) is 0 Å². The van der Waals surface area contributed by atoms with Gasteiger partial charge in [-0.15, -0.1) is 0 Å². The molecule has 2 aliphatic carbocycles. The highest BCUT2D eigenvalue weighted by Gasteiger charge is 2.38. The second-order valence-corrected chi connectivity index (χ2v) is 17.8. The van der Waals surface area contributed by atoms with Crippen molar-refractivity contribution < 1.29 is 0 Å². The van der Waals surface area contributed by atoms with E-state index in [1.165, 1.54) is 100 Å². The van der Waals surface area contributed by atoms with Crippen LogP contribution in [0, 0.1) is 0 Å². The summed E-state index contributed by atoms with van der Waals surface area (Å²) >= 11 is 0. The van der Waals surface area contributed by atoms with Crippen LogP contribution in [0.4, 0.5) is 5.69 Å². The summed E-state index contributed by atoms with van der Waals surface area (Å²) in [6.45, 7) is 4.75. The van der Waals surface area contributed by atoms with Crippen molar-refractivity contribution in [3.8, 4) is 33.4 Å². The molecule has 4 aliphatic rings. The number of anilines is 1. The van der Waals surface area contributed by atoms with Gasteiger partial charge in [-0.3, -0.25) is 0 Å². The Morgan fingerprint density at radius 3 is 1.97 bits per heavy atom. The summed E-state index contributed by atoms with van der Waals surface area (Å²) < 4.78 is 0. The average molecular weight is 792 g/mol. The van der Waals surface area contributed by atoms with Crippen LogP contribution in [0.15, 0.2) is 223 Å². The molecule has 0 bridgehead atoms. The smallest absolute Gasteiger partial charge is 0.0892 e. The van der Waals surface area contributed by atoms with Crippen LogP contribution in [-0.4, -0.2) is 0 Å². The minimum Gasteiger partial charge on any atom is -0.310 e. The molecule has 1 nitrogen and oxygen atoms in total. The molecule has 0 N–H and O–H groups in total. The molecule has 0 aromatic heterocycles. The number of rotatable bonds is 6.